The number of carbonyl (C=O) groups is 1. The van der Waals surface area contributed by atoms with Gasteiger partial charge in [0.25, 0.3) is 0 Å². The van der Waals surface area contributed by atoms with E-state index in [1.165, 1.54) is 0 Å². The number of nitrogens with one attached hydrogen (secondary N) is 1. The van der Waals surface area contributed by atoms with E-state index in [-0.39, 0.29) is 23.0 Å². The van der Waals surface area contributed by atoms with Gasteiger partial charge in [0, 0.05) is 23.3 Å². The van der Waals surface area contributed by atoms with Crippen molar-refractivity contribution in [2.75, 3.05) is 5.32 Å². The number of rotatable bonds is 2. The van der Waals surface area contributed by atoms with E-state index >= 15 is 0 Å². The first-order valence-electron chi connectivity index (χ1n) is 9.75. The number of aromatic nitrogens is 3. The van der Waals surface area contributed by atoms with Gasteiger partial charge in [0.05, 0.1) is 0 Å². The highest BCUT2D eigenvalue weighted by Crippen LogP contribution is 2.45. The molecule has 1 aromatic heterocycles. The molecule has 6 heteroatoms. The Kier molecular flexibility index (Phi) is 3.84. The topological polar surface area (TPSA) is 80.0 Å². The number of aromatic hydroxyl groups is 1. The fraction of sp³-hybridized carbons (Fsp3) is 0.261. The Hall–Kier alpha value is -3.41. The van der Waals surface area contributed by atoms with E-state index in [1.54, 1.807) is 16.8 Å². The van der Waals surface area contributed by atoms with Crippen LogP contribution in [0.15, 0.2) is 65.9 Å². The molecule has 0 bridgehead atoms. The molecule has 1 unspecified atom stereocenters. The molecule has 6 nitrogen and oxygen atoms in total. The fourth-order valence-electron chi connectivity index (χ4n) is 4.28. The van der Waals surface area contributed by atoms with E-state index in [1.807, 2.05) is 42.5 Å². The lowest BCUT2D eigenvalue weighted by Gasteiger charge is -2.38. The first-order valence-corrected chi connectivity index (χ1v) is 9.75. The lowest BCUT2D eigenvalue weighted by atomic mass is 9.73. The summed E-state index contributed by atoms with van der Waals surface area (Å²) in [6, 6.07) is 16.4. The lowest BCUT2D eigenvalue weighted by molar-refractivity contribution is -0.118. The minimum Gasteiger partial charge on any atom is -0.508 e. The molecule has 0 spiro atoms. The highest BCUT2D eigenvalue weighted by atomic mass is 16.3. The van der Waals surface area contributed by atoms with Gasteiger partial charge in [-0.15, -0.1) is 5.10 Å². The van der Waals surface area contributed by atoms with E-state index in [4.69, 9.17) is 10.1 Å². The largest absolute Gasteiger partial charge is 0.508 e. The van der Waals surface area contributed by atoms with Gasteiger partial charge in [-0.25, -0.2) is 4.68 Å². The second-order valence-electron chi connectivity index (χ2n) is 8.52. The third kappa shape index (κ3) is 3.01. The molecule has 1 aliphatic carbocycles. The van der Waals surface area contributed by atoms with Crippen LogP contribution in [0.5, 0.6) is 5.75 Å². The number of anilines is 1. The second-order valence-corrected chi connectivity index (χ2v) is 8.52. The number of carbonyl (C=O) groups excluding carboxylic acids is 1. The maximum absolute atomic E-state index is 13.2. The number of Topliss-reactive ketones (excluding diaryl/α,β-unsaturated/α-hetero) is 1. The molecule has 0 fully saturated rings. The van der Waals surface area contributed by atoms with Crippen molar-refractivity contribution in [1.29, 1.82) is 0 Å². The molecule has 29 heavy (non-hydrogen) atoms. The van der Waals surface area contributed by atoms with Crippen LogP contribution in [0.4, 0.5) is 5.95 Å². The van der Waals surface area contributed by atoms with Crippen molar-refractivity contribution in [2.24, 2.45) is 5.41 Å². The van der Waals surface area contributed by atoms with E-state index in [2.05, 4.69) is 19.2 Å². The van der Waals surface area contributed by atoms with Crippen molar-refractivity contribution >= 4 is 11.7 Å². The van der Waals surface area contributed by atoms with Gasteiger partial charge in [0.15, 0.2) is 11.6 Å². The van der Waals surface area contributed by atoms with Gasteiger partial charge >= 0.3 is 0 Å². The minimum absolute atomic E-state index is 0.104. The average molecular weight is 386 g/mol. The molecule has 3 aromatic rings. The number of hydrogen-bond donors (Lipinski definition) is 2. The third-order valence-corrected chi connectivity index (χ3v) is 5.57. The number of allylic oxidation sites excluding steroid dienone is 2. The van der Waals surface area contributed by atoms with E-state index in [0.717, 1.165) is 28.8 Å². The molecule has 0 radical (unpaired) electrons. The number of phenols is 1. The van der Waals surface area contributed by atoms with Crippen LogP contribution in [0, 0.1) is 5.41 Å². The Bertz CT molecular complexity index is 1130. The molecule has 146 valence electrons. The molecule has 1 aliphatic heterocycles. The third-order valence-electron chi connectivity index (χ3n) is 5.57. The van der Waals surface area contributed by atoms with Gasteiger partial charge in [0.2, 0.25) is 5.95 Å². The fourth-order valence-corrected chi connectivity index (χ4v) is 4.28. The van der Waals surface area contributed by atoms with Crippen molar-refractivity contribution in [1.82, 2.24) is 14.8 Å². The Balaban J connectivity index is 1.69. The number of fused-ring (bicyclic) bond motifs is 1. The first-order chi connectivity index (χ1) is 13.9. The van der Waals surface area contributed by atoms with Crippen molar-refractivity contribution in [3.63, 3.8) is 0 Å². The van der Waals surface area contributed by atoms with Gasteiger partial charge in [0.1, 0.15) is 11.8 Å². The van der Waals surface area contributed by atoms with Crippen LogP contribution in [0.1, 0.15) is 38.3 Å². The Morgan fingerprint density at radius 3 is 2.52 bits per heavy atom. The molecule has 2 N–H and O–H groups in total. The number of ketones is 1. The minimum atomic E-state index is -0.365. The molecule has 0 amide bonds. The van der Waals surface area contributed by atoms with E-state index in [0.29, 0.717) is 18.2 Å². The normalized spacial score (nSPS) is 20.1. The maximum atomic E-state index is 13.2. The summed E-state index contributed by atoms with van der Waals surface area (Å²) >= 11 is 0. The highest BCUT2D eigenvalue weighted by molar-refractivity contribution is 6.00. The van der Waals surface area contributed by atoms with Gasteiger partial charge in [-0.1, -0.05) is 56.3 Å². The molecular weight excluding hydrogens is 364 g/mol. The Morgan fingerprint density at radius 1 is 1.07 bits per heavy atom. The summed E-state index contributed by atoms with van der Waals surface area (Å²) in [4.78, 5) is 17.9. The second kappa shape index (κ2) is 6.30. The summed E-state index contributed by atoms with van der Waals surface area (Å²) in [6.45, 7) is 4.22. The summed E-state index contributed by atoms with van der Waals surface area (Å²) in [6.07, 6.45) is 1.27. The van der Waals surface area contributed by atoms with Crippen LogP contribution < -0.4 is 5.32 Å². The molecule has 0 saturated heterocycles. The molecule has 1 atom stereocenters. The number of hydrogen-bond acceptors (Lipinski definition) is 5. The van der Waals surface area contributed by atoms with Crippen molar-refractivity contribution < 1.29 is 9.90 Å². The zero-order valence-electron chi connectivity index (χ0n) is 16.4. The van der Waals surface area contributed by atoms with E-state index in [9.17, 15) is 9.90 Å². The zero-order chi connectivity index (χ0) is 20.2. The molecule has 2 aromatic carbocycles. The van der Waals surface area contributed by atoms with Crippen LogP contribution >= 0.6 is 0 Å². The molecule has 2 heterocycles. The standard InChI is InChI=1S/C23H22N4O2/c1-23(2)12-17-19(18(29)13-23)20(14-8-10-16(28)11-9-14)27-22(24-17)25-21(26-27)15-6-4-3-5-7-15/h3-11,20,28H,12-13H2,1-2H3,(H,24,25,26). The van der Waals surface area contributed by atoms with Gasteiger partial charge in [-0.05, 0) is 29.5 Å². The summed E-state index contributed by atoms with van der Waals surface area (Å²) < 4.78 is 1.80. The smallest absolute Gasteiger partial charge is 0.226 e. The molecule has 2 aliphatic rings. The SMILES string of the molecule is CC1(C)CC(=O)C2=C(C1)Nc1nc(-c3ccccc3)nn1C2c1ccc(O)cc1. The first kappa shape index (κ1) is 17.7. The predicted octanol–water partition coefficient (Wildman–Crippen LogP) is 4.31. The Morgan fingerprint density at radius 2 is 1.79 bits per heavy atom. The summed E-state index contributed by atoms with van der Waals surface area (Å²) in [5.74, 6) is 1.57. The van der Waals surface area contributed by atoms with E-state index < -0.39 is 0 Å². The quantitative estimate of drug-likeness (QED) is 0.686. The number of nitrogens with zero attached hydrogens (tertiary/aromatic N) is 3. The summed E-state index contributed by atoms with van der Waals surface area (Å²) in [5.41, 5.74) is 3.38. The van der Waals surface area contributed by atoms with Gasteiger partial charge in [-0.3, -0.25) is 4.79 Å². The maximum Gasteiger partial charge on any atom is 0.226 e. The number of phenolic OH excluding ortho intramolecular Hbond substituents is 1. The van der Waals surface area contributed by atoms with Crippen LogP contribution in [0.3, 0.4) is 0 Å². The molecule has 5 rings (SSSR count). The van der Waals surface area contributed by atoms with Crippen LogP contribution in [0.2, 0.25) is 0 Å². The highest BCUT2D eigenvalue weighted by Gasteiger charge is 2.41. The van der Waals surface area contributed by atoms with Gasteiger partial charge in [-0.2, -0.15) is 4.98 Å². The summed E-state index contributed by atoms with van der Waals surface area (Å²) in [5, 5.41) is 17.9. The number of benzene rings is 2. The predicted molar refractivity (Wildman–Crippen MR) is 110 cm³/mol. The Labute approximate surface area is 168 Å². The van der Waals surface area contributed by atoms with Crippen molar-refractivity contribution in [3.05, 3.63) is 71.4 Å². The van der Waals surface area contributed by atoms with Crippen LogP contribution in [0.25, 0.3) is 11.4 Å². The molecule has 0 saturated carbocycles. The summed E-state index contributed by atoms with van der Waals surface area (Å²) in [7, 11) is 0. The molecular formula is C23H22N4O2. The average Bonchev–Trinajstić information content (AvgIpc) is 3.10. The zero-order valence-corrected chi connectivity index (χ0v) is 16.4. The monoisotopic (exact) mass is 386 g/mol. The van der Waals surface area contributed by atoms with Crippen molar-refractivity contribution in [2.45, 2.75) is 32.7 Å². The van der Waals surface area contributed by atoms with Crippen LogP contribution in [-0.4, -0.2) is 25.7 Å². The van der Waals surface area contributed by atoms with Crippen molar-refractivity contribution in [3.8, 4) is 17.1 Å². The van der Waals surface area contributed by atoms with Crippen LogP contribution in [-0.2, 0) is 4.79 Å². The van der Waals surface area contributed by atoms with Gasteiger partial charge < -0.3 is 10.4 Å². The lowest BCUT2D eigenvalue weighted by Crippen LogP contribution is -2.36.